The first-order valence-corrected chi connectivity index (χ1v) is 12.5. The van der Waals surface area contributed by atoms with Crippen molar-refractivity contribution in [2.45, 2.75) is 35.8 Å². The highest BCUT2D eigenvalue weighted by Crippen LogP contribution is 2.47. The summed E-state index contributed by atoms with van der Waals surface area (Å²) in [5.74, 6) is -8.63. The van der Waals surface area contributed by atoms with E-state index in [1.165, 1.54) is 23.1 Å². The molecule has 0 aliphatic carbocycles. The average molecular weight is 567 g/mol. The lowest BCUT2D eigenvalue weighted by molar-refractivity contribution is -0.304. The lowest BCUT2D eigenvalue weighted by Crippen LogP contribution is -2.67. The maximum atomic E-state index is 15.8. The fourth-order valence-corrected chi connectivity index (χ4v) is 5.23. The number of hydrogen-bond acceptors (Lipinski definition) is 11. The van der Waals surface area contributed by atoms with Gasteiger partial charge in [0.25, 0.3) is 17.7 Å². The third-order valence-corrected chi connectivity index (χ3v) is 7.33. The lowest BCUT2D eigenvalue weighted by Gasteiger charge is -2.42. The second-order valence-electron chi connectivity index (χ2n) is 9.94. The second-order valence-corrected chi connectivity index (χ2v) is 9.94. The molecule has 0 aromatic heterocycles. The molecule has 2 saturated heterocycles. The number of fused-ring (bicyclic) bond motifs is 1. The molecule has 3 unspecified atom stereocenters. The Balaban J connectivity index is 1.51. The summed E-state index contributed by atoms with van der Waals surface area (Å²) in [5.41, 5.74) is -10.6. The molecule has 4 radical (unpaired) electrons. The maximum Gasteiger partial charge on any atom is 0.284 e. The van der Waals surface area contributed by atoms with Crippen molar-refractivity contribution in [2.24, 2.45) is 0 Å². The number of piperidine rings is 1. The van der Waals surface area contributed by atoms with Gasteiger partial charge < -0.3 is 35.0 Å². The van der Waals surface area contributed by atoms with Gasteiger partial charge in [0.2, 0.25) is 11.6 Å². The highest BCUT2D eigenvalue weighted by molar-refractivity contribution is 6.15. The molecule has 3 heterocycles. The molecule has 0 spiro atoms. The van der Waals surface area contributed by atoms with Gasteiger partial charge >= 0.3 is 0 Å². The minimum Gasteiger partial charge on any atom is -0.467 e. The van der Waals surface area contributed by atoms with Crippen LogP contribution >= 0.6 is 0 Å². The number of aliphatic hydroxyl groups is 5. The quantitative estimate of drug-likeness (QED) is 0.123. The molecule has 0 saturated carbocycles. The summed E-state index contributed by atoms with van der Waals surface area (Å²) in [4.78, 5) is 38.7. The van der Waals surface area contributed by atoms with E-state index in [0.717, 1.165) is 18.2 Å². The number of ether oxygens (including phenoxy) is 2. The van der Waals surface area contributed by atoms with E-state index in [-0.39, 0.29) is 31.2 Å². The predicted octanol–water partition coefficient (Wildman–Crippen LogP) is -2.54. The summed E-state index contributed by atoms with van der Waals surface area (Å²) in [6, 6.07) is 6.85. The van der Waals surface area contributed by atoms with E-state index in [0.29, 0.717) is 0 Å². The molecular formula is C25H24B2FN3O10. The van der Waals surface area contributed by atoms with Gasteiger partial charge in [-0.2, -0.15) is 0 Å². The van der Waals surface area contributed by atoms with E-state index in [4.69, 9.17) is 25.2 Å². The fraction of sp³-hybridized carbons (Fsp3) is 0.400. The van der Waals surface area contributed by atoms with E-state index in [1.807, 2.05) is 5.32 Å². The zero-order valence-electron chi connectivity index (χ0n) is 21.4. The molecule has 5 rings (SSSR count). The largest absolute Gasteiger partial charge is 0.467 e. The van der Waals surface area contributed by atoms with Crippen molar-refractivity contribution >= 4 is 33.4 Å². The molecular weight excluding hydrogens is 543 g/mol. The molecule has 13 nitrogen and oxygen atoms in total. The van der Waals surface area contributed by atoms with Gasteiger partial charge in [-0.25, -0.2) is 9.29 Å². The van der Waals surface area contributed by atoms with Gasteiger partial charge in [0.1, 0.15) is 19.4 Å². The van der Waals surface area contributed by atoms with Crippen LogP contribution in [0.3, 0.4) is 0 Å². The number of hydrogen-bond donors (Lipinski definition) is 6. The van der Waals surface area contributed by atoms with Crippen LogP contribution in [0, 0.1) is 5.82 Å². The molecule has 3 aliphatic heterocycles. The SMILES string of the molecule is [B]C(O)(Oc1cccc2c1C(O)(O)N(C1(O)CCC(=O)NC1=O)C2=O)c1cccc(C([B])(O)N2CCOCC2)c1F. The van der Waals surface area contributed by atoms with Crippen LogP contribution in [0.4, 0.5) is 4.39 Å². The van der Waals surface area contributed by atoms with Crippen LogP contribution in [0.2, 0.25) is 0 Å². The second kappa shape index (κ2) is 9.87. The summed E-state index contributed by atoms with van der Waals surface area (Å²) >= 11 is 0. The Morgan fingerprint density at radius 1 is 1.00 bits per heavy atom. The van der Waals surface area contributed by atoms with Crippen LogP contribution in [0.15, 0.2) is 36.4 Å². The summed E-state index contributed by atoms with van der Waals surface area (Å²) in [6.07, 6.45) is -1.07. The smallest absolute Gasteiger partial charge is 0.284 e. The Morgan fingerprint density at radius 3 is 2.29 bits per heavy atom. The van der Waals surface area contributed by atoms with E-state index in [9.17, 15) is 39.9 Å². The van der Waals surface area contributed by atoms with E-state index < -0.39 is 87.3 Å². The van der Waals surface area contributed by atoms with Crippen molar-refractivity contribution in [3.63, 3.8) is 0 Å². The number of halogens is 1. The van der Waals surface area contributed by atoms with Crippen LogP contribution in [0.5, 0.6) is 5.75 Å². The van der Waals surface area contributed by atoms with Gasteiger partial charge in [0.15, 0.2) is 13.5 Å². The van der Waals surface area contributed by atoms with Gasteiger partial charge in [0, 0.05) is 37.1 Å². The number of benzene rings is 2. The van der Waals surface area contributed by atoms with Crippen LogP contribution < -0.4 is 10.1 Å². The van der Waals surface area contributed by atoms with E-state index >= 15 is 4.39 Å². The normalized spacial score (nSPS) is 25.7. The van der Waals surface area contributed by atoms with Gasteiger partial charge in [-0.15, -0.1) is 0 Å². The molecule has 3 atom stereocenters. The van der Waals surface area contributed by atoms with Crippen LogP contribution in [0.25, 0.3) is 0 Å². The van der Waals surface area contributed by atoms with Gasteiger partial charge in [-0.05, 0) is 12.1 Å². The molecule has 0 bridgehead atoms. The third kappa shape index (κ3) is 4.61. The Bertz CT molecular complexity index is 1430. The molecule has 2 aromatic carbocycles. The Morgan fingerprint density at radius 2 is 1.63 bits per heavy atom. The van der Waals surface area contributed by atoms with Crippen LogP contribution in [-0.2, 0) is 31.5 Å². The van der Waals surface area contributed by atoms with Crippen molar-refractivity contribution in [1.82, 2.24) is 15.1 Å². The highest BCUT2D eigenvalue weighted by atomic mass is 19.1. The molecule has 212 valence electrons. The van der Waals surface area contributed by atoms with Crippen molar-refractivity contribution in [3.8, 4) is 5.75 Å². The predicted molar refractivity (Wildman–Crippen MR) is 135 cm³/mol. The number of carbonyl (C=O) groups excluding carboxylic acids is 3. The van der Waals surface area contributed by atoms with Gasteiger partial charge in [-0.1, -0.05) is 24.3 Å². The topological polar surface area (TPSA) is 189 Å². The molecule has 3 amide bonds. The monoisotopic (exact) mass is 567 g/mol. The molecule has 41 heavy (non-hydrogen) atoms. The highest BCUT2D eigenvalue weighted by Gasteiger charge is 2.62. The first-order chi connectivity index (χ1) is 19.1. The van der Waals surface area contributed by atoms with Crippen molar-refractivity contribution in [1.29, 1.82) is 0 Å². The zero-order chi connectivity index (χ0) is 30.0. The summed E-state index contributed by atoms with van der Waals surface area (Å²) in [5, 5.41) is 57.0. The number of imide groups is 1. The van der Waals surface area contributed by atoms with Gasteiger partial charge in [0.05, 0.1) is 30.0 Å². The molecule has 6 N–H and O–H groups in total. The molecule has 2 aromatic rings. The summed E-state index contributed by atoms with van der Waals surface area (Å²) in [6.45, 7) is 0.816. The third-order valence-electron chi connectivity index (χ3n) is 7.33. The first kappa shape index (κ1) is 29.1. The van der Waals surface area contributed by atoms with Crippen LogP contribution in [-0.4, -0.2) is 101 Å². The Kier molecular flexibility index (Phi) is 7.02. The minimum absolute atomic E-state index is 0.0624. The summed E-state index contributed by atoms with van der Waals surface area (Å²) in [7, 11) is 12.0. The maximum absolute atomic E-state index is 15.8. The minimum atomic E-state index is -3.42. The average Bonchev–Trinajstić information content (AvgIpc) is 3.12. The fourth-order valence-electron chi connectivity index (χ4n) is 5.23. The molecule has 2 fully saturated rings. The number of morpholine rings is 1. The number of rotatable bonds is 6. The number of amides is 3. The van der Waals surface area contributed by atoms with Crippen molar-refractivity contribution < 1.29 is 53.8 Å². The lowest BCUT2D eigenvalue weighted by atomic mass is 9.78. The zero-order valence-corrected chi connectivity index (χ0v) is 21.4. The van der Waals surface area contributed by atoms with Gasteiger partial charge in [-0.3, -0.25) is 24.6 Å². The van der Waals surface area contributed by atoms with Crippen molar-refractivity contribution in [3.05, 3.63) is 64.5 Å². The summed E-state index contributed by atoms with van der Waals surface area (Å²) < 4.78 is 26.4. The molecule has 3 aliphatic rings. The van der Waals surface area contributed by atoms with Crippen molar-refractivity contribution in [2.75, 3.05) is 26.3 Å². The van der Waals surface area contributed by atoms with E-state index in [2.05, 4.69) is 0 Å². The first-order valence-electron chi connectivity index (χ1n) is 12.5. The molecule has 16 heteroatoms. The van der Waals surface area contributed by atoms with Crippen LogP contribution in [0.1, 0.15) is 39.9 Å². The standard InChI is InChI=1S/C25H24B2FN3O10/c26-23(36,30-9-11-40-12-10-30)14-4-2-5-15(19(14)28)24(27,37)41-16-6-1-3-13-18(16)25(38,39)31(20(13)33)22(35)8-7-17(32)29-21(22)34/h1-6,35-39H,7-12H2,(H,29,32,34). The number of nitrogens with zero attached hydrogens (tertiary/aromatic N) is 2. The Hall–Kier alpha value is -3.37. The number of nitrogens with one attached hydrogen (secondary N) is 1. The Labute approximate surface area is 234 Å². The van der Waals surface area contributed by atoms with E-state index in [1.54, 1.807) is 0 Å². The number of carbonyl (C=O) groups is 3.